The number of quaternary nitrogens is 1. The summed E-state index contributed by atoms with van der Waals surface area (Å²) in [4.78, 5) is 0. The Morgan fingerprint density at radius 2 is 1.57 bits per heavy atom. The van der Waals surface area contributed by atoms with E-state index in [1.807, 2.05) is 0 Å². The Hall–Kier alpha value is -1.06. The van der Waals surface area contributed by atoms with Crippen LogP contribution in [-0.2, 0) is 0 Å². The molecule has 3 nitrogen and oxygen atoms in total. The van der Waals surface area contributed by atoms with Crippen molar-refractivity contribution in [3.63, 3.8) is 0 Å². The Morgan fingerprint density at radius 1 is 1.04 bits per heavy atom. The highest BCUT2D eigenvalue weighted by Gasteiger charge is 2.29. The molecule has 0 radical (unpaired) electrons. The van der Waals surface area contributed by atoms with Gasteiger partial charge in [-0.15, -0.1) is 0 Å². The van der Waals surface area contributed by atoms with Gasteiger partial charge in [0.05, 0.1) is 5.54 Å². The summed E-state index contributed by atoms with van der Waals surface area (Å²) in [5.74, 6) is 0.906. The van der Waals surface area contributed by atoms with Crippen LogP contribution in [0.1, 0.15) is 57.7 Å². The molecule has 0 aliphatic heterocycles. The maximum absolute atomic E-state index is 10.3. The Labute approximate surface area is 142 Å². The Kier molecular flexibility index (Phi) is 6.67. The molecule has 0 saturated carbocycles. The monoisotopic (exact) mass is 322 g/mol. The van der Waals surface area contributed by atoms with Gasteiger partial charge in [-0.05, 0) is 51.2 Å². The van der Waals surface area contributed by atoms with E-state index in [0.717, 1.165) is 23.3 Å². The number of aliphatic hydroxyl groups excluding tert-OH is 1. The molecule has 0 aliphatic carbocycles. The average Bonchev–Trinajstić information content (AvgIpc) is 2.32. The first kappa shape index (κ1) is 20.0. The van der Waals surface area contributed by atoms with Crippen molar-refractivity contribution in [1.29, 1.82) is 0 Å². The van der Waals surface area contributed by atoms with E-state index in [9.17, 15) is 5.11 Å². The van der Waals surface area contributed by atoms with Gasteiger partial charge in [-0.3, -0.25) is 0 Å². The summed E-state index contributed by atoms with van der Waals surface area (Å²) < 4.78 is 5.88. The predicted octanol–water partition coefficient (Wildman–Crippen LogP) is 3.13. The van der Waals surface area contributed by atoms with E-state index in [1.54, 1.807) is 0 Å². The fourth-order valence-corrected chi connectivity index (χ4v) is 3.54. The van der Waals surface area contributed by atoms with E-state index in [0.29, 0.717) is 13.2 Å². The van der Waals surface area contributed by atoms with Gasteiger partial charge in [0.2, 0.25) is 0 Å². The van der Waals surface area contributed by atoms with Crippen molar-refractivity contribution in [2.24, 2.45) is 5.41 Å². The van der Waals surface area contributed by atoms with Crippen LogP contribution in [0.3, 0.4) is 0 Å². The van der Waals surface area contributed by atoms with Gasteiger partial charge in [-0.1, -0.05) is 38.5 Å². The average molecular weight is 323 g/mol. The van der Waals surface area contributed by atoms with E-state index in [4.69, 9.17) is 4.74 Å². The van der Waals surface area contributed by atoms with Gasteiger partial charge in [0.1, 0.15) is 25.0 Å². The highest BCUT2D eigenvalue weighted by atomic mass is 16.5. The van der Waals surface area contributed by atoms with Crippen LogP contribution >= 0.6 is 0 Å². The molecule has 0 amide bonds. The summed E-state index contributed by atoms with van der Waals surface area (Å²) in [7, 11) is 0. The van der Waals surface area contributed by atoms with E-state index >= 15 is 0 Å². The number of hydrogen-bond acceptors (Lipinski definition) is 2. The van der Waals surface area contributed by atoms with Crippen molar-refractivity contribution >= 4 is 0 Å². The molecule has 0 fully saturated rings. The smallest absolute Gasteiger partial charge is 0.137 e. The molecule has 1 atom stereocenters. The molecule has 0 unspecified atom stereocenters. The number of nitrogens with two attached hydrogens (primary N) is 1. The molecule has 0 spiro atoms. The third-order valence-corrected chi connectivity index (χ3v) is 3.95. The fourth-order valence-electron chi connectivity index (χ4n) is 3.54. The zero-order valence-electron chi connectivity index (χ0n) is 16.3. The van der Waals surface area contributed by atoms with Gasteiger partial charge in [0.25, 0.3) is 0 Å². The van der Waals surface area contributed by atoms with Crippen LogP contribution in [0, 0.1) is 26.2 Å². The molecule has 23 heavy (non-hydrogen) atoms. The maximum atomic E-state index is 10.3. The molecule has 3 N–H and O–H groups in total. The minimum absolute atomic E-state index is 0.120. The summed E-state index contributed by atoms with van der Waals surface area (Å²) in [5, 5.41) is 12.5. The van der Waals surface area contributed by atoms with Crippen molar-refractivity contribution in [3.8, 4) is 5.75 Å². The van der Waals surface area contributed by atoms with Crippen molar-refractivity contribution < 1.29 is 15.2 Å². The number of hydrogen-bond donors (Lipinski definition) is 2. The second kappa shape index (κ2) is 7.67. The first-order valence-corrected chi connectivity index (χ1v) is 8.63. The summed E-state index contributed by atoms with van der Waals surface area (Å²) in [5.41, 5.74) is 3.91. The zero-order valence-corrected chi connectivity index (χ0v) is 16.3. The topological polar surface area (TPSA) is 46.1 Å². The van der Waals surface area contributed by atoms with Crippen molar-refractivity contribution in [3.05, 3.63) is 28.8 Å². The standard InChI is InChI=1S/C20H35NO2/c1-14-9-15(2)18(16(3)10-14)23-12-17(22)11-21-20(7,8)13-19(4,5)6/h9-10,17,21-22H,11-13H2,1-8H3/p+1/t17-/m1/s1. The first-order chi connectivity index (χ1) is 10.4. The molecule has 0 heterocycles. The third kappa shape index (κ3) is 7.36. The predicted molar refractivity (Wildman–Crippen MR) is 97.1 cm³/mol. The lowest BCUT2D eigenvalue weighted by Gasteiger charge is -2.31. The van der Waals surface area contributed by atoms with Crippen LogP contribution in [-0.4, -0.2) is 29.9 Å². The van der Waals surface area contributed by atoms with Gasteiger partial charge in [0, 0.05) is 6.42 Å². The highest BCUT2D eigenvalue weighted by molar-refractivity contribution is 5.42. The maximum Gasteiger partial charge on any atom is 0.137 e. The van der Waals surface area contributed by atoms with Crippen molar-refractivity contribution in [2.45, 2.75) is 73.5 Å². The fraction of sp³-hybridized carbons (Fsp3) is 0.700. The van der Waals surface area contributed by atoms with Gasteiger partial charge in [-0.25, -0.2) is 0 Å². The van der Waals surface area contributed by atoms with E-state index < -0.39 is 6.10 Å². The van der Waals surface area contributed by atoms with Crippen LogP contribution in [0.2, 0.25) is 0 Å². The number of aliphatic hydroxyl groups is 1. The largest absolute Gasteiger partial charge is 0.490 e. The number of aryl methyl sites for hydroxylation is 3. The molecular weight excluding hydrogens is 286 g/mol. The summed E-state index contributed by atoms with van der Waals surface area (Å²) >= 11 is 0. The highest BCUT2D eigenvalue weighted by Crippen LogP contribution is 2.25. The first-order valence-electron chi connectivity index (χ1n) is 8.63. The molecule has 0 bridgehead atoms. The summed E-state index contributed by atoms with van der Waals surface area (Å²) in [6.07, 6.45) is 0.637. The van der Waals surface area contributed by atoms with Crippen LogP contribution < -0.4 is 10.1 Å². The molecule has 0 aromatic heterocycles. The number of benzene rings is 1. The molecule has 1 aromatic carbocycles. The van der Waals surface area contributed by atoms with Crippen LogP contribution in [0.4, 0.5) is 0 Å². The molecular formula is C20H36NO2+. The van der Waals surface area contributed by atoms with Gasteiger partial charge in [-0.2, -0.15) is 0 Å². The van der Waals surface area contributed by atoms with Gasteiger partial charge < -0.3 is 15.2 Å². The number of rotatable bonds is 7. The van der Waals surface area contributed by atoms with E-state index in [-0.39, 0.29) is 11.0 Å². The lowest BCUT2D eigenvalue weighted by molar-refractivity contribution is -0.727. The molecule has 132 valence electrons. The third-order valence-electron chi connectivity index (χ3n) is 3.95. The van der Waals surface area contributed by atoms with E-state index in [2.05, 4.69) is 72.8 Å². The van der Waals surface area contributed by atoms with Gasteiger partial charge >= 0.3 is 0 Å². The Morgan fingerprint density at radius 3 is 2.04 bits per heavy atom. The number of ether oxygens (including phenoxy) is 1. The summed E-state index contributed by atoms with van der Waals surface area (Å²) in [6, 6.07) is 4.24. The SMILES string of the molecule is Cc1cc(C)c(OC[C@H](O)C[NH2+]C(C)(C)CC(C)(C)C)c(C)c1. The normalized spacial score (nSPS) is 14.0. The van der Waals surface area contributed by atoms with Crippen LogP contribution in [0.15, 0.2) is 12.1 Å². The van der Waals surface area contributed by atoms with Crippen molar-refractivity contribution in [2.75, 3.05) is 13.2 Å². The Balaban J connectivity index is 2.51. The lowest BCUT2D eigenvalue weighted by Crippen LogP contribution is -2.97. The molecule has 0 aliphatic rings. The van der Waals surface area contributed by atoms with Crippen LogP contribution in [0.25, 0.3) is 0 Å². The van der Waals surface area contributed by atoms with Crippen molar-refractivity contribution in [1.82, 2.24) is 0 Å². The molecule has 1 aromatic rings. The molecule has 3 heteroatoms. The second-order valence-electron chi connectivity index (χ2n) is 8.86. The van der Waals surface area contributed by atoms with Crippen LogP contribution in [0.5, 0.6) is 5.75 Å². The minimum atomic E-state index is -0.464. The van der Waals surface area contributed by atoms with Gasteiger partial charge in [0.15, 0.2) is 0 Å². The quantitative estimate of drug-likeness (QED) is 0.810. The minimum Gasteiger partial charge on any atom is -0.490 e. The molecule has 1 rings (SSSR count). The van der Waals surface area contributed by atoms with E-state index in [1.165, 1.54) is 5.56 Å². The lowest BCUT2D eigenvalue weighted by atomic mass is 9.82. The second-order valence-corrected chi connectivity index (χ2v) is 8.86. The zero-order chi connectivity index (χ0) is 17.8. The summed E-state index contributed by atoms with van der Waals surface area (Å²) in [6.45, 7) is 18.4. The Bertz CT molecular complexity index is 492. The molecule has 0 saturated heterocycles.